The molecule has 3 nitrogen and oxygen atoms in total. The van der Waals surface area contributed by atoms with Gasteiger partial charge in [-0.15, -0.1) is 0 Å². The number of hydrogen-bond donors (Lipinski definition) is 0. The first-order valence-corrected chi connectivity index (χ1v) is 5.45. The largest absolute Gasteiger partial charge is 0.456 e. The van der Waals surface area contributed by atoms with Crippen molar-refractivity contribution in [2.75, 3.05) is 0 Å². The normalized spacial score (nSPS) is 11.9. The van der Waals surface area contributed by atoms with E-state index in [1.54, 1.807) is 6.20 Å². The number of thiocarbonyl (C=S) groups is 1. The van der Waals surface area contributed by atoms with Gasteiger partial charge in [0, 0.05) is 13.1 Å². The lowest BCUT2D eigenvalue weighted by atomic mass is 10.5. The zero-order chi connectivity index (χ0) is 11.3. The fraction of sp³-hybridized carbons (Fsp3) is 0.200. The molecule has 0 aromatic carbocycles. The van der Waals surface area contributed by atoms with Crippen LogP contribution in [0.1, 0.15) is 6.92 Å². The summed E-state index contributed by atoms with van der Waals surface area (Å²) in [6.07, 6.45) is 1.05. The fourth-order valence-electron chi connectivity index (χ4n) is 0.825. The van der Waals surface area contributed by atoms with Gasteiger partial charge in [-0.2, -0.15) is 0 Å². The van der Waals surface area contributed by atoms with Gasteiger partial charge in [0.1, 0.15) is 11.1 Å². The van der Waals surface area contributed by atoms with E-state index < -0.39 is 6.10 Å². The molecule has 0 bridgehead atoms. The SMILES string of the molecule is [CH2]C(OC(C)=O)C(=S)Sc1ccccn1. The van der Waals surface area contributed by atoms with Gasteiger partial charge in [0.25, 0.3) is 0 Å². The highest BCUT2D eigenvalue weighted by Gasteiger charge is 2.13. The Morgan fingerprint density at radius 1 is 1.67 bits per heavy atom. The molecule has 79 valence electrons. The number of thioether (sulfide) groups is 1. The summed E-state index contributed by atoms with van der Waals surface area (Å²) in [4.78, 5) is 14.8. The van der Waals surface area contributed by atoms with Crippen molar-refractivity contribution in [1.82, 2.24) is 4.98 Å². The van der Waals surface area contributed by atoms with Crippen molar-refractivity contribution in [3.05, 3.63) is 31.3 Å². The number of pyridine rings is 1. The number of carbonyl (C=O) groups is 1. The molecular weight excluding hydrogens is 230 g/mol. The van der Waals surface area contributed by atoms with Gasteiger partial charge in [-0.1, -0.05) is 30.0 Å². The Bertz CT molecular complexity index is 354. The van der Waals surface area contributed by atoms with E-state index in [0.29, 0.717) is 4.20 Å². The lowest BCUT2D eigenvalue weighted by molar-refractivity contribution is -0.141. The average molecular weight is 240 g/mol. The van der Waals surface area contributed by atoms with Crippen molar-refractivity contribution >= 4 is 34.1 Å². The highest BCUT2D eigenvalue weighted by Crippen LogP contribution is 2.19. The van der Waals surface area contributed by atoms with Crippen molar-refractivity contribution < 1.29 is 9.53 Å². The quantitative estimate of drug-likeness (QED) is 0.460. The third-order valence-electron chi connectivity index (χ3n) is 1.41. The first-order valence-electron chi connectivity index (χ1n) is 4.22. The number of rotatable bonds is 3. The first-order chi connectivity index (χ1) is 7.09. The standard InChI is InChI=1S/C10H10NO2S2/c1-7(13-8(2)12)10(14)15-9-5-3-4-6-11-9/h3-7H,1H2,2H3. The van der Waals surface area contributed by atoms with Gasteiger partial charge >= 0.3 is 5.97 Å². The molecule has 0 aliphatic rings. The van der Waals surface area contributed by atoms with E-state index in [-0.39, 0.29) is 5.97 Å². The third-order valence-corrected chi connectivity index (χ3v) is 2.84. The number of aromatic nitrogens is 1. The Morgan fingerprint density at radius 2 is 2.40 bits per heavy atom. The minimum atomic E-state index is -0.621. The molecule has 0 amide bonds. The van der Waals surface area contributed by atoms with Gasteiger partial charge in [0.15, 0.2) is 0 Å². The second kappa shape index (κ2) is 5.82. The van der Waals surface area contributed by atoms with Crippen LogP contribution in [0.2, 0.25) is 0 Å². The monoisotopic (exact) mass is 240 g/mol. The van der Waals surface area contributed by atoms with E-state index in [4.69, 9.17) is 17.0 Å². The molecule has 0 saturated heterocycles. The van der Waals surface area contributed by atoms with Crippen LogP contribution in [0.15, 0.2) is 29.4 Å². The molecule has 1 radical (unpaired) electrons. The van der Waals surface area contributed by atoms with Crippen molar-refractivity contribution in [2.24, 2.45) is 0 Å². The molecule has 0 saturated carbocycles. The van der Waals surface area contributed by atoms with E-state index in [1.165, 1.54) is 18.7 Å². The molecule has 1 unspecified atom stereocenters. The summed E-state index contributed by atoms with van der Waals surface area (Å²) >= 11 is 6.33. The predicted molar refractivity (Wildman–Crippen MR) is 63.6 cm³/mol. The Kier molecular flexibility index (Phi) is 4.71. The Morgan fingerprint density at radius 3 is 2.93 bits per heavy atom. The zero-order valence-electron chi connectivity index (χ0n) is 8.17. The lowest BCUT2D eigenvalue weighted by Gasteiger charge is -2.11. The maximum Gasteiger partial charge on any atom is 0.303 e. The molecule has 0 aliphatic heterocycles. The minimum absolute atomic E-state index is 0.390. The van der Waals surface area contributed by atoms with Crippen LogP contribution in [0.25, 0.3) is 0 Å². The summed E-state index contributed by atoms with van der Waals surface area (Å²) in [5.74, 6) is -0.390. The molecule has 1 atom stereocenters. The van der Waals surface area contributed by atoms with E-state index in [1.807, 2.05) is 18.2 Å². The Balaban J connectivity index is 2.52. The first kappa shape index (κ1) is 12.1. The van der Waals surface area contributed by atoms with Crippen LogP contribution < -0.4 is 0 Å². The van der Waals surface area contributed by atoms with E-state index in [9.17, 15) is 4.79 Å². The molecule has 5 heteroatoms. The number of ether oxygens (including phenoxy) is 1. The van der Waals surface area contributed by atoms with Crippen LogP contribution in [0, 0.1) is 6.92 Å². The van der Waals surface area contributed by atoms with Crippen molar-refractivity contribution in [1.29, 1.82) is 0 Å². The van der Waals surface area contributed by atoms with Crippen LogP contribution in [-0.4, -0.2) is 21.3 Å². The predicted octanol–water partition coefficient (Wildman–Crippen LogP) is 2.27. The second-order valence-electron chi connectivity index (χ2n) is 2.69. The van der Waals surface area contributed by atoms with E-state index >= 15 is 0 Å². The molecule has 0 fully saturated rings. The fourth-order valence-corrected chi connectivity index (χ4v) is 1.77. The van der Waals surface area contributed by atoms with Crippen molar-refractivity contribution in [3.63, 3.8) is 0 Å². The Labute approximate surface area is 98.2 Å². The highest BCUT2D eigenvalue weighted by molar-refractivity contribution is 8.23. The topological polar surface area (TPSA) is 39.2 Å². The van der Waals surface area contributed by atoms with Gasteiger partial charge in [-0.05, 0) is 19.1 Å². The molecule has 1 aromatic rings. The van der Waals surface area contributed by atoms with Gasteiger partial charge in [0.05, 0.1) is 4.20 Å². The van der Waals surface area contributed by atoms with Crippen LogP contribution in [0.4, 0.5) is 0 Å². The number of esters is 1. The molecule has 1 rings (SSSR count). The summed E-state index contributed by atoms with van der Waals surface area (Å²) in [5.41, 5.74) is 0. The molecule has 0 N–H and O–H groups in total. The summed E-state index contributed by atoms with van der Waals surface area (Å²) < 4.78 is 5.33. The summed E-state index contributed by atoms with van der Waals surface area (Å²) in [5, 5.41) is 0.767. The summed E-state index contributed by atoms with van der Waals surface area (Å²) in [6, 6.07) is 5.51. The van der Waals surface area contributed by atoms with Gasteiger partial charge in [-0.3, -0.25) is 4.79 Å². The van der Waals surface area contributed by atoms with Crippen LogP contribution in [0.5, 0.6) is 0 Å². The van der Waals surface area contributed by atoms with Crippen molar-refractivity contribution in [2.45, 2.75) is 18.1 Å². The molecular formula is C10H10NO2S2. The maximum atomic E-state index is 10.7. The third kappa shape index (κ3) is 4.40. The molecule has 0 aliphatic carbocycles. The molecule has 1 heterocycles. The average Bonchev–Trinajstić information content (AvgIpc) is 2.18. The highest BCUT2D eigenvalue weighted by atomic mass is 32.2. The van der Waals surface area contributed by atoms with Crippen molar-refractivity contribution in [3.8, 4) is 0 Å². The smallest absolute Gasteiger partial charge is 0.303 e. The molecule has 0 spiro atoms. The summed E-state index contributed by atoms with van der Waals surface area (Å²) in [7, 11) is 0. The van der Waals surface area contributed by atoms with Gasteiger partial charge in [0.2, 0.25) is 0 Å². The summed E-state index contributed by atoms with van der Waals surface area (Å²) in [6.45, 7) is 4.97. The van der Waals surface area contributed by atoms with E-state index in [0.717, 1.165) is 5.03 Å². The Hall–Kier alpha value is -0.940. The molecule has 1 aromatic heterocycles. The molecule has 15 heavy (non-hydrogen) atoms. The van der Waals surface area contributed by atoms with Gasteiger partial charge in [-0.25, -0.2) is 4.98 Å². The van der Waals surface area contributed by atoms with Gasteiger partial charge < -0.3 is 4.74 Å². The second-order valence-corrected chi connectivity index (χ2v) is 4.45. The minimum Gasteiger partial charge on any atom is -0.456 e. The van der Waals surface area contributed by atoms with E-state index in [2.05, 4.69) is 11.9 Å². The van der Waals surface area contributed by atoms with Crippen LogP contribution in [0.3, 0.4) is 0 Å². The van der Waals surface area contributed by atoms with Crippen LogP contribution >= 0.6 is 24.0 Å². The van der Waals surface area contributed by atoms with Crippen LogP contribution in [-0.2, 0) is 9.53 Å². The maximum absolute atomic E-state index is 10.7. The number of nitrogens with zero attached hydrogens (tertiary/aromatic N) is 1. The lowest BCUT2D eigenvalue weighted by Crippen LogP contribution is -2.19. The number of hydrogen-bond acceptors (Lipinski definition) is 5. The zero-order valence-corrected chi connectivity index (χ0v) is 9.81. The number of carbonyl (C=O) groups excluding carboxylic acids is 1.